The van der Waals surface area contributed by atoms with E-state index in [9.17, 15) is 9.90 Å². The quantitative estimate of drug-likeness (QED) is 0.799. The number of aliphatic hydroxyl groups excluding tert-OH is 1. The summed E-state index contributed by atoms with van der Waals surface area (Å²) in [5, 5.41) is 9.39. The Bertz CT molecular complexity index is 278. The van der Waals surface area contributed by atoms with Crippen LogP contribution in [0.5, 0.6) is 0 Å². The molecule has 0 aromatic rings. The molecule has 3 heteroatoms. The summed E-state index contributed by atoms with van der Waals surface area (Å²) in [6, 6.07) is 0. The molecule has 1 saturated heterocycles. The smallest absolute Gasteiger partial charge is 0.136 e. The molecule has 1 saturated carbocycles. The fourth-order valence-corrected chi connectivity index (χ4v) is 3.58. The van der Waals surface area contributed by atoms with E-state index in [2.05, 4.69) is 13.8 Å². The minimum atomic E-state index is -0.279. The number of aliphatic hydroxyl groups is 1. The molecule has 4 atom stereocenters. The van der Waals surface area contributed by atoms with Crippen molar-refractivity contribution in [3.63, 3.8) is 0 Å². The largest absolute Gasteiger partial charge is 0.393 e. The van der Waals surface area contributed by atoms with E-state index in [4.69, 9.17) is 4.74 Å². The van der Waals surface area contributed by atoms with Crippen molar-refractivity contribution in [2.24, 2.45) is 11.3 Å². The Balaban J connectivity index is 2.14. The van der Waals surface area contributed by atoms with E-state index in [1.54, 1.807) is 0 Å². The number of Topliss-reactive ketones (excluding diaryl/α,β-unsaturated/α-hetero) is 1. The Hall–Kier alpha value is -0.410. The molecule has 1 aliphatic carbocycles. The van der Waals surface area contributed by atoms with Crippen LogP contribution in [0.3, 0.4) is 0 Å². The van der Waals surface area contributed by atoms with Crippen molar-refractivity contribution < 1.29 is 14.6 Å². The molecule has 0 spiro atoms. The molecule has 1 N–H and O–H groups in total. The van der Waals surface area contributed by atoms with Crippen molar-refractivity contribution in [2.45, 2.75) is 58.2 Å². The second-order valence-electron chi connectivity index (χ2n) is 6.13. The standard InChI is InChI=1S/C13H22O3/c1-9(14)4-5-11-12(2)6-10(15)7-13(11,3)16-8-12/h9,11,14H,4-8H2,1-3H3/t9-,11-,12-,13-/m1/s1. The number of rotatable bonds is 3. The summed E-state index contributed by atoms with van der Waals surface area (Å²) in [6.45, 7) is 6.73. The van der Waals surface area contributed by atoms with Gasteiger partial charge in [-0.2, -0.15) is 0 Å². The van der Waals surface area contributed by atoms with Crippen LogP contribution in [0.4, 0.5) is 0 Å². The highest BCUT2D eigenvalue weighted by molar-refractivity contribution is 5.81. The van der Waals surface area contributed by atoms with Crippen LogP contribution in [0, 0.1) is 11.3 Å². The van der Waals surface area contributed by atoms with Crippen molar-refractivity contribution in [1.82, 2.24) is 0 Å². The van der Waals surface area contributed by atoms with Gasteiger partial charge in [0.1, 0.15) is 5.78 Å². The number of carbonyl (C=O) groups excluding carboxylic acids is 1. The maximum Gasteiger partial charge on any atom is 0.136 e. The van der Waals surface area contributed by atoms with E-state index in [-0.39, 0.29) is 17.1 Å². The Morgan fingerprint density at radius 2 is 2.19 bits per heavy atom. The second-order valence-corrected chi connectivity index (χ2v) is 6.13. The molecule has 92 valence electrons. The summed E-state index contributed by atoms with van der Waals surface area (Å²) >= 11 is 0. The van der Waals surface area contributed by atoms with Crippen LogP contribution in [-0.4, -0.2) is 29.2 Å². The first kappa shape index (κ1) is 12.1. The average molecular weight is 226 g/mol. The van der Waals surface area contributed by atoms with Gasteiger partial charge < -0.3 is 9.84 Å². The van der Waals surface area contributed by atoms with Crippen LogP contribution in [0.2, 0.25) is 0 Å². The van der Waals surface area contributed by atoms with Gasteiger partial charge in [-0.3, -0.25) is 4.79 Å². The molecule has 0 aromatic carbocycles. The summed E-state index contributed by atoms with van der Waals surface area (Å²) < 4.78 is 5.88. The van der Waals surface area contributed by atoms with E-state index in [1.807, 2.05) is 6.92 Å². The van der Waals surface area contributed by atoms with Gasteiger partial charge in [0.2, 0.25) is 0 Å². The van der Waals surface area contributed by atoms with Crippen molar-refractivity contribution in [2.75, 3.05) is 6.61 Å². The van der Waals surface area contributed by atoms with Gasteiger partial charge in [-0.15, -0.1) is 0 Å². The van der Waals surface area contributed by atoms with E-state index >= 15 is 0 Å². The lowest BCUT2D eigenvalue weighted by Crippen LogP contribution is -2.45. The van der Waals surface area contributed by atoms with Gasteiger partial charge in [-0.25, -0.2) is 0 Å². The van der Waals surface area contributed by atoms with Gasteiger partial charge in [0.25, 0.3) is 0 Å². The predicted molar refractivity (Wildman–Crippen MR) is 61.1 cm³/mol. The highest BCUT2D eigenvalue weighted by Crippen LogP contribution is 2.54. The first-order valence-electron chi connectivity index (χ1n) is 6.19. The van der Waals surface area contributed by atoms with E-state index < -0.39 is 0 Å². The van der Waals surface area contributed by atoms with Gasteiger partial charge in [0.15, 0.2) is 0 Å². The van der Waals surface area contributed by atoms with Crippen LogP contribution in [0.1, 0.15) is 46.5 Å². The predicted octanol–water partition coefficient (Wildman–Crippen LogP) is 1.92. The lowest BCUT2D eigenvalue weighted by atomic mass is 9.61. The fourth-order valence-electron chi connectivity index (χ4n) is 3.58. The summed E-state index contributed by atoms with van der Waals surface area (Å²) in [6.07, 6.45) is 2.69. The molecule has 1 heterocycles. The minimum absolute atomic E-state index is 0.00102. The Labute approximate surface area is 97.2 Å². The summed E-state index contributed by atoms with van der Waals surface area (Å²) in [5.74, 6) is 0.739. The highest BCUT2D eigenvalue weighted by atomic mass is 16.5. The lowest BCUT2D eigenvalue weighted by molar-refractivity contribution is -0.130. The number of ether oxygens (including phenoxy) is 1. The number of ketones is 1. The Morgan fingerprint density at radius 3 is 2.75 bits per heavy atom. The summed E-state index contributed by atoms with van der Waals surface area (Å²) in [5.41, 5.74) is -0.280. The lowest BCUT2D eigenvalue weighted by Gasteiger charge is -2.41. The third-order valence-corrected chi connectivity index (χ3v) is 4.33. The monoisotopic (exact) mass is 226 g/mol. The highest BCUT2D eigenvalue weighted by Gasteiger charge is 2.57. The SMILES string of the molecule is C[C@@H](O)CC[C@@H]1[C@@]2(C)CO[C@]1(C)CC(=O)C2. The summed E-state index contributed by atoms with van der Waals surface area (Å²) in [7, 11) is 0. The van der Waals surface area contributed by atoms with Crippen molar-refractivity contribution in [3.05, 3.63) is 0 Å². The van der Waals surface area contributed by atoms with Crippen molar-refractivity contribution in [3.8, 4) is 0 Å². The molecular weight excluding hydrogens is 204 g/mol. The molecule has 0 aromatic heterocycles. The van der Waals surface area contributed by atoms with Crippen LogP contribution in [0.15, 0.2) is 0 Å². The van der Waals surface area contributed by atoms with Crippen LogP contribution < -0.4 is 0 Å². The number of hydrogen-bond donors (Lipinski definition) is 1. The van der Waals surface area contributed by atoms with Crippen molar-refractivity contribution in [1.29, 1.82) is 0 Å². The normalized spacial score (nSPS) is 44.8. The maximum atomic E-state index is 11.7. The summed E-state index contributed by atoms with van der Waals surface area (Å²) in [4.78, 5) is 11.7. The first-order valence-corrected chi connectivity index (χ1v) is 6.19. The third-order valence-electron chi connectivity index (χ3n) is 4.33. The topological polar surface area (TPSA) is 46.5 Å². The van der Waals surface area contributed by atoms with Gasteiger partial charge in [-0.1, -0.05) is 6.92 Å². The van der Waals surface area contributed by atoms with Crippen LogP contribution in [-0.2, 0) is 9.53 Å². The Kier molecular flexibility index (Phi) is 2.87. The van der Waals surface area contributed by atoms with Gasteiger partial charge in [-0.05, 0) is 32.6 Å². The molecule has 3 nitrogen and oxygen atoms in total. The van der Waals surface area contributed by atoms with E-state index in [0.29, 0.717) is 31.1 Å². The minimum Gasteiger partial charge on any atom is -0.393 e. The number of carbonyl (C=O) groups is 1. The van der Waals surface area contributed by atoms with E-state index in [1.165, 1.54) is 0 Å². The van der Waals surface area contributed by atoms with Gasteiger partial charge in [0, 0.05) is 18.3 Å². The maximum absolute atomic E-state index is 11.7. The van der Waals surface area contributed by atoms with Gasteiger partial charge >= 0.3 is 0 Å². The number of fused-ring (bicyclic) bond motifs is 2. The molecule has 0 unspecified atom stereocenters. The second kappa shape index (κ2) is 3.81. The zero-order chi connectivity index (χ0) is 12.0. The molecular formula is C13H22O3. The third kappa shape index (κ3) is 1.91. The van der Waals surface area contributed by atoms with E-state index in [0.717, 1.165) is 12.8 Å². The van der Waals surface area contributed by atoms with Gasteiger partial charge in [0.05, 0.1) is 18.3 Å². The zero-order valence-corrected chi connectivity index (χ0v) is 10.5. The molecule has 16 heavy (non-hydrogen) atoms. The molecule has 0 radical (unpaired) electrons. The Morgan fingerprint density at radius 1 is 1.50 bits per heavy atom. The molecule has 2 fully saturated rings. The molecule has 2 rings (SSSR count). The van der Waals surface area contributed by atoms with Crippen molar-refractivity contribution >= 4 is 5.78 Å². The zero-order valence-electron chi connectivity index (χ0n) is 10.5. The first-order chi connectivity index (χ1) is 7.36. The molecule has 2 aliphatic rings. The van der Waals surface area contributed by atoms with Crippen LogP contribution in [0.25, 0.3) is 0 Å². The number of hydrogen-bond acceptors (Lipinski definition) is 3. The average Bonchev–Trinajstić information content (AvgIpc) is 2.27. The van der Waals surface area contributed by atoms with Crippen LogP contribution >= 0.6 is 0 Å². The molecule has 0 amide bonds. The molecule has 2 bridgehead atoms. The fraction of sp³-hybridized carbons (Fsp3) is 0.923. The molecule has 1 aliphatic heterocycles.